The summed E-state index contributed by atoms with van der Waals surface area (Å²) in [6.07, 6.45) is 1.07. The number of aryl methyl sites for hydroxylation is 1. The molecule has 0 amide bonds. The molecule has 0 aliphatic rings. The topological polar surface area (TPSA) is 54.7 Å². The number of aromatic nitrogens is 2. The summed E-state index contributed by atoms with van der Waals surface area (Å²) in [7, 11) is 0. The van der Waals surface area contributed by atoms with Crippen LogP contribution in [0.1, 0.15) is 17.4 Å². The molecule has 3 N–H and O–H groups in total. The second-order valence-corrected chi connectivity index (χ2v) is 5.39. The molecule has 1 aromatic carbocycles. The number of nitrogens with one attached hydrogen (secondary N) is 1. The molecular formula is C14H15N3S. The van der Waals surface area contributed by atoms with E-state index < -0.39 is 0 Å². The van der Waals surface area contributed by atoms with Crippen LogP contribution < -0.4 is 5.73 Å². The van der Waals surface area contributed by atoms with Gasteiger partial charge in [-0.1, -0.05) is 19.1 Å². The summed E-state index contributed by atoms with van der Waals surface area (Å²) >= 11 is 1.79. The van der Waals surface area contributed by atoms with E-state index in [4.69, 9.17) is 5.73 Å². The van der Waals surface area contributed by atoms with Gasteiger partial charge in [-0.2, -0.15) is 0 Å². The number of hydrogen-bond acceptors (Lipinski definition) is 3. The van der Waals surface area contributed by atoms with Crippen molar-refractivity contribution in [3.63, 3.8) is 0 Å². The van der Waals surface area contributed by atoms with E-state index in [9.17, 15) is 0 Å². The van der Waals surface area contributed by atoms with Crippen molar-refractivity contribution in [3.05, 3.63) is 40.8 Å². The summed E-state index contributed by atoms with van der Waals surface area (Å²) in [5.74, 6) is 0.940. The van der Waals surface area contributed by atoms with E-state index in [1.165, 1.54) is 9.75 Å². The first-order valence-corrected chi connectivity index (χ1v) is 6.90. The number of nitrogens with zero attached hydrogens (tertiary/aromatic N) is 1. The molecule has 4 heteroatoms. The Kier molecular flexibility index (Phi) is 2.89. The average Bonchev–Trinajstić information content (AvgIpc) is 3.03. The maximum Gasteiger partial charge on any atom is 0.148 e. The molecule has 0 aliphatic carbocycles. The van der Waals surface area contributed by atoms with E-state index in [1.54, 1.807) is 11.3 Å². The third kappa shape index (κ3) is 1.83. The van der Waals surface area contributed by atoms with Gasteiger partial charge < -0.3 is 10.7 Å². The van der Waals surface area contributed by atoms with Crippen LogP contribution in [-0.4, -0.2) is 9.97 Å². The highest BCUT2D eigenvalue weighted by molar-refractivity contribution is 7.15. The van der Waals surface area contributed by atoms with E-state index in [-0.39, 0.29) is 0 Å². The highest BCUT2D eigenvalue weighted by Gasteiger charge is 2.09. The lowest BCUT2D eigenvalue weighted by Crippen LogP contribution is -1.96. The SMILES string of the molecule is CCc1ccc(-c2nc3c(CN)cccc3[nH]2)s1. The molecule has 0 saturated carbocycles. The van der Waals surface area contributed by atoms with Crippen molar-refractivity contribution in [2.45, 2.75) is 19.9 Å². The smallest absolute Gasteiger partial charge is 0.148 e. The lowest BCUT2D eigenvalue weighted by molar-refractivity contribution is 1.08. The normalized spacial score (nSPS) is 11.2. The summed E-state index contributed by atoms with van der Waals surface area (Å²) in [5.41, 5.74) is 8.87. The minimum Gasteiger partial charge on any atom is -0.337 e. The summed E-state index contributed by atoms with van der Waals surface area (Å²) in [6.45, 7) is 2.69. The van der Waals surface area contributed by atoms with E-state index in [0.717, 1.165) is 28.8 Å². The minimum atomic E-state index is 0.520. The van der Waals surface area contributed by atoms with Gasteiger partial charge in [0, 0.05) is 11.4 Å². The van der Waals surface area contributed by atoms with Gasteiger partial charge in [0.2, 0.25) is 0 Å². The van der Waals surface area contributed by atoms with Crippen LogP contribution >= 0.6 is 11.3 Å². The van der Waals surface area contributed by atoms with Gasteiger partial charge in [0.1, 0.15) is 5.82 Å². The van der Waals surface area contributed by atoms with Crippen molar-refractivity contribution in [1.29, 1.82) is 0 Å². The zero-order valence-electron chi connectivity index (χ0n) is 10.2. The fraction of sp³-hybridized carbons (Fsp3) is 0.214. The highest BCUT2D eigenvalue weighted by Crippen LogP contribution is 2.28. The summed E-state index contributed by atoms with van der Waals surface area (Å²) in [6, 6.07) is 10.4. The lowest BCUT2D eigenvalue weighted by Gasteiger charge is -1.95. The van der Waals surface area contributed by atoms with Gasteiger partial charge >= 0.3 is 0 Å². The molecule has 3 aromatic rings. The Balaban J connectivity index is 2.13. The predicted octanol–water partition coefficient (Wildman–Crippen LogP) is 3.31. The minimum absolute atomic E-state index is 0.520. The summed E-state index contributed by atoms with van der Waals surface area (Å²) in [5, 5.41) is 0. The molecule has 3 rings (SSSR count). The van der Waals surface area contributed by atoms with Gasteiger partial charge in [-0.05, 0) is 30.2 Å². The number of H-pyrrole nitrogens is 1. The van der Waals surface area contributed by atoms with Crippen molar-refractivity contribution in [2.24, 2.45) is 5.73 Å². The Hall–Kier alpha value is -1.65. The second kappa shape index (κ2) is 4.55. The van der Waals surface area contributed by atoms with Gasteiger partial charge in [-0.3, -0.25) is 0 Å². The largest absolute Gasteiger partial charge is 0.337 e. The number of nitrogens with two attached hydrogens (primary N) is 1. The number of para-hydroxylation sites is 1. The molecule has 0 saturated heterocycles. The van der Waals surface area contributed by atoms with Crippen molar-refractivity contribution in [1.82, 2.24) is 9.97 Å². The number of hydrogen-bond donors (Lipinski definition) is 2. The zero-order valence-corrected chi connectivity index (χ0v) is 11.1. The Bertz CT molecular complexity index is 681. The van der Waals surface area contributed by atoms with Gasteiger partial charge in [-0.25, -0.2) is 4.98 Å². The molecule has 0 spiro atoms. The molecule has 0 radical (unpaired) electrons. The van der Waals surface area contributed by atoms with Crippen LogP contribution in [0.25, 0.3) is 21.7 Å². The predicted molar refractivity (Wildman–Crippen MR) is 76.7 cm³/mol. The van der Waals surface area contributed by atoms with Crippen molar-refractivity contribution in [3.8, 4) is 10.7 Å². The Morgan fingerprint density at radius 2 is 2.17 bits per heavy atom. The number of aromatic amines is 1. The molecule has 3 nitrogen and oxygen atoms in total. The fourth-order valence-corrected chi connectivity index (χ4v) is 2.96. The maximum absolute atomic E-state index is 5.74. The number of thiophene rings is 1. The van der Waals surface area contributed by atoms with Crippen molar-refractivity contribution < 1.29 is 0 Å². The van der Waals surface area contributed by atoms with E-state index >= 15 is 0 Å². The van der Waals surface area contributed by atoms with Crippen LogP contribution in [0.5, 0.6) is 0 Å². The molecule has 0 bridgehead atoms. The van der Waals surface area contributed by atoms with E-state index in [0.29, 0.717) is 6.54 Å². The first-order valence-electron chi connectivity index (χ1n) is 6.08. The molecule has 0 unspecified atom stereocenters. The van der Waals surface area contributed by atoms with Crippen molar-refractivity contribution in [2.75, 3.05) is 0 Å². The monoisotopic (exact) mass is 257 g/mol. The van der Waals surface area contributed by atoms with Crippen LogP contribution in [0, 0.1) is 0 Å². The summed E-state index contributed by atoms with van der Waals surface area (Å²) < 4.78 is 0. The Morgan fingerprint density at radius 3 is 2.89 bits per heavy atom. The highest BCUT2D eigenvalue weighted by atomic mass is 32.1. The zero-order chi connectivity index (χ0) is 12.5. The number of imidazole rings is 1. The third-order valence-corrected chi connectivity index (χ3v) is 4.30. The molecule has 2 heterocycles. The number of rotatable bonds is 3. The van der Waals surface area contributed by atoms with Crippen LogP contribution in [0.15, 0.2) is 30.3 Å². The molecule has 0 atom stereocenters. The van der Waals surface area contributed by atoms with Crippen molar-refractivity contribution >= 4 is 22.4 Å². The standard InChI is InChI=1S/C14H15N3S/c1-2-10-6-7-12(18-10)14-16-11-5-3-4-9(8-15)13(11)17-14/h3-7H,2,8,15H2,1H3,(H,16,17). The molecule has 92 valence electrons. The van der Waals surface area contributed by atoms with Crippen LogP contribution in [0.4, 0.5) is 0 Å². The van der Waals surface area contributed by atoms with E-state index in [2.05, 4.69) is 29.0 Å². The molecule has 0 fully saturated rings. The first-order chi connectivity index (χ1) is 8.81. The van der Waals surface area contributed by atoms with Crippen LogP contribution in [-0.2, 0) is 13.0 Å². The molecule has 18 heavy (non-hydrogen) atoms. The second-order valence-electron chi connectivity index (χ2n) is 4.22. The quantitative estimate of drug-likeness (QED) is 0.756. The maximum atomic E-state index is 5.74. The number of fused-ring (bicyclic) bond motifs is 1. The molecule has 0 aliphatic heterocycles. The van der Waals surface area contributed by atoms with Gasteiger partial charge in [0.15, 0.2) is 0 Å². The third-order valence-electron chi connectivity index (χ3n) is 3.06. The Morgan fingerprint density at radius 1 is 1.28 bits per heavy atom. The van der Waals surface area contributed by atoms with E-state index in [1.807, 2.05) is 18.2 Å². The van der Waals surface area contributed by atoms with Crippen LogP contribution in [0.2, 0.25) is 0 Å². The van der Waals surface area contributed by atoms with Crippen LogP contribution in [0.3, 0.4) is 0 Å². The Labute approximate surface area is 110 Å². The van der Waals surface area contributed by atoms with Gasteiger partial charge in [0.25, 0.3) is 0 Å². The number of benzene rings is 1. The molecular weight excluding hydrogens is 242 g/mol. The summed E-state index contributed by atoms with van der Waals surface area (Å²) in [4.78, 5) is 10.6. The first kappa shape index (κ1) is 11.4. The fourth-order valence-electron chi connectivity index (χ4n) is 2.07. The average molecular weight is 257 g/mol. The molecule has 2 aromatic heterocycles. The van der Waals surface area contributed by atoms with Gasteiger partial charge in [-0.15, -0.1) is 11.3 Å². The van der Waals surface area contributed by atoms with Gasteiger partial charge in [0.05, 0.1) is 15.9 Å². The lowest BCUT2D eigenvalue weighted by atomic mass is 10.2.